The fourth-order valence-corrected chi connectivity index (χ4v) is 2.93. The van der Waals surface area contributed by atoms with E-state index in [1.165, 1.54) is 0 Å². The summed E-state index contributed by atoms with van der Waals surface area (Å²) < 4.78 is 26.7. The molecular weight excluding hydrogens is 296 g/mol. The van der Waals surface area contributed by atoms with Crippen molar-refractivity contribution >= 4 is 21.6 Å². The van der Waals surface area contributed by atoms with Crippen LogP contribution in [-0.2, 0) is 22.3 Å². The summed E-state index contributed by atoms with van der Waals surface area (Å²) in [6.45, 7) is 0.351. The van der Waals surface area contributed by atoms with Gasteiger partial charge in [-0.25, -0.2) is 13.1 Å². The van der Waals surface area contributed by atoms with Gasteiger partial charge in [0.05, 0.1) is 4.90 Å². The van der Waals surface area contributed by atoms with Crippen LogP contribution in [-0.4, -0.2) is 19.9 Å². The minimum Gasteiger partial charge on any atom is -0.265 e. The summed E-state index contributed by atoms with van der Waals surface area (Å²) in [5.41, 5.74) is 1.93. The molecule has 1 N–H and O–H groups in total. The lowest BCUT2D eigenvalue weighted by atomic mass is 10.2. The van der Waals surface area contributed by atoms with E-state index in [1.54, 1.807) is 36.7 Å². The molecule has 1 heterocycles. The molecule has 106 valence electrons. The third kappa shape index (κ3) is 4.03. The van der Waals surface area contributed by atoms with Crippen LogP contribution in [0.25, 0.3) is 0 Å². The lowest BCUT2D eigenvalue weighted by Crippen LogP contribution is -2.26. The molecule has 0 bridgehead atoms. The fourth-order valence-electron chi connectivity index (χ4n) is 1.72. The SMILES string of the molecule is O=S(=O)(NCCc1ccncc1)c1ccc(CCl)cc1. The first-order valence-electron chi connectivity index (χ1n) is 6.15. The average molecular weight is 311 g/mol. The molecule has 20 heavy (non-hydrogen) atoms. The number of aromatic nitrogens is 1. The maximum atomic E-state index is 12.1. The van der Waals surface area contributed by atoms with E-state index in [2.05, 4.69) is 9.71 Å². The Balaban J connectivity index is 1.96. The maximum Gasteiger partial charge on any atom is 0.240 e. The maximum absolute atomic E-state index is 12.1. The second-order valence-electron chi connectivity index (χ2n) is 4.28. The molecule has 6 heteroatoms. The molecule has 1 aromatic heterocycles. The molecule has 4 nitrogen and oxygen atoms in total. The first kappa shape index (κ1) is 15.0. The molecule has 0 aliphatic carbocycles. The van der Waals surface area contributed by atoms with E-state index in [1.807, 2.05) is 12.1 Å². The molecule has 0 radical (unpaired) electrons. The van der Waals surface area contributed by atoms with Crippen LogP contribution in [0.4, 0.5) is 0 Å². The van der Waals surface area contributed by atoms with Gasteiger partial charge in [-0.3, -0.25) is 4.98 Å². The average Bonchev–Trinajstić information content (AvgIpc) is 2.48. The summed E-state index contributed by atoms with van der Waals surface area (Å²) in [7, 11) is -3.46. The van der Waals surface area contributed by atoms with Crippen molar-refractivity contribution in [1.29, 1.82) is 0 Å². The Labute approximate surface area is 123 Å². The number of nitrogens with one attached hydrogen (secondary N) is 1. The van der Waals surface area contributed by atoms with Crippen molar-refractivity contribution in [1.82, 2.24) is 9.71 Å². The van der Waals surface area contributed by atoms with Crippen LogP contribution in [0.5, 0.6) is 0 Å². The van der Waals surface area contributed by atoms with Gasteiger partial charge in [0.25, 0.3) is 0 Å². The van der Waals surface area contributed by atoms with Crippen LogP contribution < -0.4 is 4.72 Å². The van der Waals surface area contributed by atoms with Gasteiger partial charge in [-0.05, 0) is 41.8 Å². The predicted molar refractivity (Wildman–Crippen MR) is 79.1 cm³/mol. The highest BCUT2D eigenvalue weighted by Crippen LogP contribution is 2.12. The lowest BCUT2D eigenvalue weighted by Gasteiger charge is -2.07. The monoisotopic (exact) mass is 310 g/mol. The van der Waals surface area contributed by atoms with Crippen molar-refractivity contribution in [2.75, 3.05) is 6.54 Å². The highest BCUT2D eigenvalue weighted by molar-refractivity contribution is 7.89. The van der Waals surface area contributed by atoms with Crippen molar-refractivity contribution in [2.45, 2.75) is 17.2 Å². The third-order valence-corrected chi connectivity index (χ3v) is 4.63. The topological polar surface area (TPSA) is 59.1 Å². The predicted octanol–water partition coefficient (Wildman–Crippen LogP) is 2.34. The number of benzene rings is 1. The van der Waals surface area contributed by atoms with Gasteiger partial charge in [-0.1, -0.05) is 12.1 Å². The minimum absolute atomic E-state index is 0.251. The quantitative estimate of drug-likeness (QED) is 0.833. The van der Waals surface area contributed by atoms with E-state index in [9.17, 15) is 8.42 Å². The third-order valence-electron chi connectivity index (χ3n) is 2.84. The molecule has 1 aromatic carbocycles. The standard InChI is InChI=1S/C14H15ClN2O2S/c15-11-13-1-3-14(4-2-13)20(18,19)17-10-7-12-5-8-16-9-6-12/h1-6,8-9,17H,7,10-11H2. The van der Waals surface area contributed by atoms with Gasteiger partial charge < -0.3 is 0 Å². The normalized spacial score (nSPS) is 11.4. The minimum atomic E-state index is -3.46. The number of hydrogen-bond donors (Lipinski definition) is 1. The molecule has 0 saturated carbocycles. The van der Waals surface area contributed by atoms with Gasteiger partial charge >= 0.3 is 0 Å². The number of hydrogen-bond acceptors (Lipinski definition) is 3. The molecule has 2 rings (SSSR count). The summed E-state index contributed by atoms with van der Waals surface area (Å²) in [5.74, 6) is 0.371. The van der Waals surface area contributed by atoms with E-state index in [4.69, 9.17) is 11.6 Å². The number of sulfonamides is 1. The van der Waals surface area contributed by atoms with Gasteiger partial charge in [-0.2, -0.15) is 0 Å². The molecule has 2 aromatic rings. The molecular formula is C14H15ClN2O2S. The van der Waals surface area contributed by atoms with E-state index in [0.717, 1.165) is 11.1 Å². The van der Waals surface area contributed by atoms with E-state index in [0.29, 0.717) is 18.8 Å². The molecule has 0 spiro atoms. The van der Waals surface area contributed by atoms with Crippen molar-refractivity contribution in [2.24, 2.45) is 0 Å². The van der Waals surface area contributed by atoms with Crippen molar-refractivity contribution < 1.29 is 8.42 Å². The van der Waals surface area contributed by atoms with Crippen molar-refractivity contribution in [3.8, 4) is 0 Å². The Morgan fingerprint density at radius 2 is 1.65 bits per heavy atom. The number of pyridine rings is 1. The Kier molecular flexibility index (Phi) is 5.11. The van der Waals surface area contributed by atoms with Gasteiger partial charge in [-0.15, -0.1) is 11.6 Å². The molecule has 0 unspecified atom stereocenters. The van der Waals surface area contributed by atoms with Crippen LogP contribution in [0.3, 0.4) is 0 Å². The second-order valence-corrected chi connectivity index (χ2v) is 6.32. The van der Waals surface area contributed by atoms with E-state index >= 15 is 0 Å². The first-order chi connectivity index (χ1) is 9.62. The zero-order chi connectivity index (χ0) is 14.4. The highest BCUT2D eigenvalue weighted by atomic mass is 35.5. The van der Waals surface area contributed by atoms with Gasteiger partial charge in [0.1, 0.15) is 0 Å². The van der Waals surface area contributed by atoms with Crippen LogP contribution in [0, 0.1) is 0 Å². The Morgan fingerprint density at radius 1 is 1.00 bits per heavy atom. The molecule has 0 aliphatic rings. The Hall–Kier alpha value is -1.43. The first-order valence-corrected chi connectivity index (χ1v) is 8.17. The molecule has 0 saturated heterocycles. The summed E-state index contributed by atoms with van der Waals surface area (Å²) in [5, 5.41) is 0. The second kappa shape index (κ2) is 6.83. The number of rotatable bonds is 6. The van der Waals surface area contributed by atoms with E-state index in [-0.39, 0.29) is 4.90 Å². The van der Waals surface area contributed by atoms with Gasteiger partial charge in [0, 0.05) is 24.8 Å². The van der Waals surface area contributed by atoms with Gasteiger partial charge in [0.15, 0.2) is 0 Å². The van der Waals surface area contributed by atoms with Crippen LogP contribution in [0.1, 0.15) is 11.1 Å². The highest BCUT2D eigenvalue weighted by Gasteiger charge is 2.12. The number of nitrogens with zero attached hydrogens (tertiary/aromatic N) is 1. The summed E-state index contributed by atoms with van der Waals surface area (Å²) in [6.07, 6.45) is 4.00. The Bertz CT molecular complexity index is 643. The van der Waals surface area contributed by atoms with Crippen molar-refractivity contribution in [3.63, 3.8) is 0 Å². The molecule has 0 atom stereocenters. The zero-order valence-electron chi connectivity index (χ0n) is 10.8. The summed E-state index contributed by atoms with van der Waals surface area (Å²) in [4.78, 5) is 4.17. The number of alkyl halides is 1. The van der Waals surface area contributed by atoms with Gasteiger partial charge in [0.2, 0.25) is 10.0 Å². The van der Waals surface area contributed by atoms with Crippen LogP contribution >= 0.6 is 11.6 Å². The van der Waals surface area contributed by atoms with Crippen molar-refractivity contribution in [3.05, 3.63) is 59.9 Å². The van der Waals surface area contributed by atoms with Crippen LogP contribution in [0.15, 0.2) is 53.7 Å². The fraction of sp³-hybridized carbons (Fsp3) is 0.214. The summed E-state index contributed by atoms with van der Waals surface area (Å²) in [6, 6.07) is 10.3. The molecule has 0 fully saturated rings. The largest absolute Gasteiger partial charge is 0.265 e. The van der Waals surface area contributed by atoms with E-state index < -0.39 is 10.0 Å². The summed E-state index contributed by atoms with van der Waals surface area (Å²) >= 11 is 5.67. The zero-order valence-corrected chi connectivity index (χ0v) is 12.4. The van der Waals surface area contributed by atoms with Crippen LogP contribution in [0.2, 0.25) is 0 Å². The lowest BCUT2D eigenvalue weighted by molar-refractivity contribution is 0.581. The molecule has 0 aliphatic heterocycles. The Morgan fingerprint density at radius 3 is 2.25 bits per heavy atom. The molecule has 0 amide bonds. The smallest absolute Gasteiger partial charge is 0.240 e. The number of halogens is 1.